The van der Waals surface area contributed by atoms with E-state index in [9.17, 15) is 18.3 Å². The average molecular weight is 554 g/mol. The molecule has 3 rings (SSSR count). The first-order valence-electron chi connectivity index (χ1n) is 10.3. The Labute approximate surface area is 198 Å². The lowest BCUT2D eigenvalue weighted by Gasteiger charge is -2.25. The summed E-state index contributed by atoms with van der Waals surface area (Å²) >= 11 is 0. The van der Waals surface area contributed by atoms with Crippen molar-refractivity contribution in [2.75, 3.05) is 45.9 Å². The Kier molecular flexibility index (Phi) is 9.89. The standard InChI is InChI=1S/C21H29F3N4O2.HI/c1-2-25-20(28-11-8-17(14-28)27-9-3-4-10-27)26-13-18(29)15-30-19-7-5-6-16(12-19)21(22,23)24;/h3-7,12,17-18,29H,2,8-11,13-15H2,1H3,(H,25,26);1H. The van der Waals surface area contributed by atoms with Gasteiger partial charge in [-0.3, -0.25) is 9.89 Å². The van der Waals surface area contributed by atoms with Gasteiger partial charge in [-0.2, -0.15) is 13.2 Å². The van der Waals surface area contributed by atoms with Crippen LogP contribution in [-0.4, -0.2) is 78.9 Å². The molecule has 1 saturated heterocycles. The zero-order valence-corrected chi connectivity index (χ0v) is 19.8. The summed E-state index contributed by atoms with van der Waals surface area (Å²) in [6.45, 7) is 6.41. The van der Waals surface area contributed by atoms with Gasteiger partial charge in [0.25, 0.3) is 0 Å². The van der Waals surface area contributed by atoms with Crippen molar-refractivity contribution in [1.29, 1.82) is 0 Å². The van der Waals surface area contributed by atoms with Crippen LogP contribution in [0.15, 0.2) is 41.4 Å². The van der Waals surface area contributed by atoms with E-state index in [-0.39, 0.29) is 42.9 Å². The molecule has 2 heterocycles. The number of aliphatic hydroxyl groups excluding tert-OH is 1. The summed E-state index contributed by atoms with van der Waals surface area (Å²) in [5, 5.41) is 13.5. The molecular weight excluding hydrogens is 524 g/mol. The molecular formula is C21H30F3IN4O2. The molecule has 1 fully saturated rings. The van der Waals surface area contributed by atoms with Gasteiger partial charge >= 0.3 is 6.18 Å². The van der Waals surface area contributed by atoms with Crippen molar-refractivity contribution in [3.8, 4) is 5.75 Å². The molecule has 0 bridgehead atoms. The highest BCUT2D eigenvalue weighted by Crippen LogP contribution is 2.31. The highest BCUT2D eigenvalue weighted by Gasteiger charge is 2.31. The smallest absolute Gasteiger partial charge is 0.416 e. The summed E-state index contributed by atoms with van der Waals surface area (Å²) in [4.78, 5) is 9.13. The summed E-state index contributed by atoms with van der Waals surface area (Å²) in [6, 6.07) is 5.12. The second kappa shape index (κ2) is 11.9. The van der Waals surface area contributed by atoms with Crippen molar-refractivity contribution in [2.24, 2.45) is 4.99 Å². The number of aliphatic hydroxyl groups is 1. The van der Waals surface area contributed by atoms with Crippen LogP contribution in [0, 0.1) is 0 Å². The largest absolute Gasteiger partial charge is 0.491 e. The fourth-order valence-electron chi connectivity index (χ4n) is 3.65. The molecule has 31 heavy (non-hydrogen) atoms. The lowest BCUT2D eigenvalue weighted by molar-refractivity contribution is -0.137. The number of hydrogen-bond donors (Lipinski definition) is 2. The van der Waals surface area contributed by atoms with Crippen LogP contribution in [0.1, 0.15) is 18.9 Å². The fraction of sp³-hybridized carbons (Fsp3) is 0.571. The molecule has 2 aliphatic rings. The first-order valence-corrected chi connectivity index (χ1v) is 10.3. The predicted molar refractivity (Wildman–Crippen MR) is 125 cm³/mol. The van der Waals surface area contributed by atoms with Crippen molar-refractivity contribution < 1.29 is 23.0 Å². The van der Waals surface area contributed by atoms with Crippen LogP contribution in [0.25, 0.3) is 0 Å². The Morgan fingerprint density at radius 2 is 2.06 bits per heavy atom. The molecule has 10 heteroatoms. The molecule has 0 saturated carbocycles. The minimum Gasteiger partial charge on any atom is -0.491 e. The van der Waals surface area contributed by atoms with E-state index >= 15 is 0 Å². The molecule has 1 aromatic rings. The maximum atomic E-state index is 12.8. The molecule has 2 unspecified atom stereocenters. The van der Waals surface area contributed by atoms with Crippen LogP contribution in [0.3, 0.4) is 0 Å². The van der Waals surface area contributed by atoms with E-state index in [1.807, 2.05) is 6.92 Å². The molecule has 2 N–H and O–H groups in total. The van der Waals surface area contributed by atoms with Crippen LogP contribution in [-0.2, 0) is 6.18 Å². The van der Waals surface area contributed by atoms with E-state index in [4.69, 9.17) is 4.74 Å². The molecule has 6 nitrogen and oxygen atoms in total. The van der Waals surface area contributed by atoms with E-state index in [2.05, 4.69) is 32.3 Å². The van der Waals surface area contributed by atoms with E-state index in [0.717, 1.165) is 50.7 Å². The van der Waals surface area contributed by atoms with Gasteiger partial charge in [-0.25, -0.2) is 0 Å². The third kappa shape index (κ3) is 7.53. The number of hydrogen-bond acceptors (Lipinski definition) is 4. The highest BCUT2D eigenvalue weighted by atomic mass is 127. The van der Waals surface area contributed by atoms with Gasteiger partial charge in [0, 0.05) is 38.8 Å². The lowest BCUT2D eigenvalue weighted by Crippen LogP contribution is -2.43. The van der Waals surface area contributed by atoms with E-state index < -0.39 is 17.8 Å². The number of halogens is 4. The van der Waals surface area contributed by atoms with Gasteiger partial charge in [-0.15, -0.1) is 24.0 Å². The first kappa shape index (κ1) is 25.7. The van der Waals surface area contributed by atoms with E-state index in [1.165, 1.54) is 12.1 Å². The summed E-state index contributed by atoms with van der Waals surface area (Å²) < 4.78 is 43.7. The normalized spacial score (nSPS) is 20.6. The summed E-state index contributed by atoms with van der Waals surface area (Å²) in [7, 11) is 0. The second-order valence-corrected chi connectivity index (χ2v) is 7.50. The van der Waals surface area contributed by atoms with Crippen molar-refractivity contribution in [2.45, 2.75) is 31.7 Å². The van der Waals surface area contributed by atoms with Crippen molar-refractivity contribution in [3.63, 3.8) is 0 Å². The van der Waals surface area contributed by atoms with Gasteiger partial charge in [0.15, 0.2) is 5.96 Å². The number of ether oxygens (including phenoxy) is 1. The monoisotopic (exact) mass is 554 g/mol. The number of likely N-dealkylation sites (tertiary alicyclic amines) is 1. The quantitative estimate of drug-likeness (QED) is 0.235. The average Bonchev–Trinajstić information content (AvgIpc) is 3.41. The first-order chi connectivity index (χ1) is 14.4. The summed E-state index contributed by atoms with van der Waals surface area (Å²) in [6.07, 6.45) is 0.0786. The van der Waals surface area contributed by atoms with Crippen LogP contribution in [0.5, 0.6) is 5.75 Å². The van der Waals surface area contributed by atoms with Gasteiger partial charge < -0.3 is 20.1 Å². The Balaban J connectivity index is 0.00000341. The Morgan fingerprint density at radius 1 is 1.32 bits per heavy atom. The molecule has 0 aromatic heterocycles. The Bertz CT molecular complexity index is 752. The lowest BCUT2D eigenvalue weighted by atomic mass is 10.2. The summed E-state index contributed by atoms with van der Waals surface area (Å²) in [5.74, 6) is 0.812. The molecule has 0 radical (unpaired) electrons. The maximum Gasteiger partial charge on any atom is 0.416 e. The SMILES string of the molecule is CCNC(=NCC(O)COc1cccc(C(F)(F)F)c1)N1CCC(N2CC=CC2)C1.I. The third-order valence-electron chi connectivity index (χ3n) is 5.22. The molecule has 1 aromatic carbocycles. The maximum absolute atomic E-state index is 12.8. The molecule has 0 amide bonds. The van der Waals surface area contributed by atoms with Crippen molar-refractivity contribution >= 4 is 29.9 Å². The number of nitrogens with zero attached hydrogens (tertiary/aromatic N) is 3. The van der Waals surface area contributed by atoms with Gasteiger partial charge in [0.05, 0.1) is 12.1 Å². The van der Waals surface area contributed by atoms with E-state index in [0.29, 0.717) is 12.6 Å². The van der Waals surface area contributed by atoms with Crippen molar-refractivity contribution in [1.82, 2.24) is 15.1 Å². The van der Waals surface area contributed by atoms with Gasteiger partial charge in [-0.05, 0) is 31.5 Å². The number of benzene rings is 1. The highest BCUT2D eigenvalue weighted by molar-refractivity contribution is 14.0. The number of rotatable bonds is 7. The fourth-order valence-corrected chi connectivity index (χ4v) is 3.65. The molecule has 0 spiro atoms. The second-order valence-electron chi connectivity index (χ2n) is 7.50. The van der Waals surface area contributed by atoms with Crippen LogP contribution < -0.4 is 10.1 Å². The molecule has 0 aliphatic carbocycles. The Morgan fingerprint density at radius 3 is 2.74 bits per heavy atom. The van der Waals surface area contributed by atoms with Crippen LogP contribution in [0.2, 0.25) is 0 Å². The van der Waals surface area contributed by atoms with Crippen LogP contribution >= 0.6 is 24.0 Å². The van der Waals surface area contributed by atoms with Gasteiger partial charge in [0.2, 0.25) is 0 Å². The number of nitrogens with one attached hydrogen (secondary N) is 1. The molecule has 2 atom stereocenters. The number of guanidine groups is 1. The van der Waals surface area contributed by atoms with E-state index in [1.54, 1.807) is 0 Å². The van der Waals surface area contributed by atoms with Crippen molar-refractivity contribution in [3.05, 3.63) is 42.0 Å². The zero-order chi connectivity index (χ0) is 21.6. The summed E-state index contributed by atoms with van der Waals surface area (Å²) in [5.41, 5.74) is -0.779. The third-order valence-corrected chi connectivity index (χ3v) is 5.22. The minimum atomic E-state index is -4.43. The zero-order valence-electron chi connectivity index (χ0n) is 17.5. The molecule has 2 aliphatic heterocycles. The van der Waals surface area contributed by atoms with Gasteiger partial charge in [-0.1, -0.05) is 18.2 Å². The number of aliphatic imine (C=N–C) groups is 1. The van der Waals surface area contributed by atoms with Crippen LogP contribution in [0.4, 0.5) is 13.2 Å². The minimum absolute atomic E-state index is 0. The van der Waals surface area contributed by atoms with Gasteiger partial charge in [0.1, 0.15) is 18.5 Å². The Hall–Kier alpha value is -1.53. The topological polar surface area (TPSA) is 60.3 Å². The predicted octanol–water partition coefficient (Wildman–Crippen LogP) is 2.97. The molecule has 174 valence electrons. The number of alkyl halides is 3.